The third-order valence-electron chi connectivity index (χ3n) is 2.20. The molecule has 0 amide bonds. The average Bonchev–Trinajstić information content (AvgIpc) is 2.84. The van der Waals surface area contributed by atoms with Crippen LogP contribution < -0.4 is 0 Å². The maximum Gasteiger partial charge on any atom is 0.164 e. The van der Waals surface area contributed by atoms with Crippen LogP contribution in [-0.2, 0) is 0 Å². The first-order chi connectivity index (χ1) is 8.15. The van der Waals surface area contributed by atoms with Crippen LogP contribution in [0, 0.1) is 7.47 Å². The van der Waals surface area contributed by atoms with Gasteiger partial charge in [-0.25, -0.2) is 9.50 Å². The lowest BCUT2D eigenvalue weighted by Gasteiger charge is -1.94. The summed E-state index contributed by atoms with van der Waals surface area (Å²) >= 11 is 10.2. The van der Waals surface area contributed by atoms with Gasteiger partial charge >= 0.3 is 0 Å². The molecule has 0 N–H and O–H groups in total. The van der Waals surface area contributed by atoms with Crippen LogP contribution in [0.2, 0.25) is 5.15 Å². The molecule has 0 atom stereocenters. The second kappa shape index (κ2) is 4.39. The van der Waals surface area contributed by atoms with E-state index in [1.807, 2.05) is 18.2 Å². The van der Waals surface area contributed by atoms with Gasteiger partial charge < -0.3 is 4.42 Å². The Bertz CT molecular complexity index is 707. The average molecular weight is 471 g/mol. The minimum absolute atomic E-state index is 0.438. The van der Waals surface area contributed by atoms with E-state index in [1.54, 1.807) is 10.6 Å². The highest BCUT2D eigenvalue weighted by Gasteiger charge is 2.15. The number of hydrogen-bond acceptors (Lipinski definition) is 3. The van der Waals surface area contributed by atoms with Gasteiger partial charge in [0.15, 0.2) is 15.2 Å². The Morgan fingerprint density at radius 1 is 1.18 bits per heavy atom. The van der Waals surface area contributed by atoms with Crippen LogP contribution in [0.4, 0.5) is 0 Å². The molecule has 3 rings (SSSR count). The van der Waals surface area contributed by atoms with Gasteiger partial charge in [-0.2, -0.15) is 5.10 Å². The largest absolute Gasteiger partial charge is 0.449 e. The minimum atomic E-state index is 0.438. The molecule has 4 nitrogen and oxygen atoms in total. The third kappa shape index (κ3) is 2.06. The fourth-order valence-corrected chi connectivity index (χ4v) is 2.78. The molecule has 3 heterocycles. The van der Waals surface area contributed by atoms with Crippen LogP contribution in [0.1, 0.15) is 0 Å². The lowest BCUT2D eigenvalue weighted by molar-refractivity contribution is 0.550. The van der Waals surface area contributed by atoms with E-state index in [-0.39, 0.29) is 0 Å². The minimum Gasteiger partial charge on any atom is -0.449 e. The maximum absolute atomic E-state index is 5.86. The molecule has 7 heteroatoms. The van der Waals surface area contributed by atoms with Crippen molar-refractivity contribution in [1.29, 1.82) is 0 Å². The van der Waals surface area contributed by atoms with Crippen molar-refractivity contribution >= 4 is 62.4 Å². The standard InChI is InChI=1S/C10H4ClI2N3O/c11-6-2-4-8-14-9(10(13)16(8)15-6)5-1-3-7(12)17-5/h1-4H. The van der Waals surface area contributed by atoms with Crippen LogP contribution >= 0.6 is 56.8 Å². The first-order valence-corrected chi connectivity index (χ1v) is 7.15. The molecule has 0 aliphatic rings. The second-order valence-corrected chi connectivity index (χ2v) is 5.75. The molecular weight excluding hydrogens is 467 g/mol. The van der Waals surface area contributed by atoms with Gasteiger partial charge in [0, 0.05) is 0 Å². The van der Waals surface area contributed by atoms with E-state index < -0.39 is 0 Å². The molecule has 3 aromatic rings. The molecule has 0 fully saturated rings. The monoisotopic (exact) mass is 471 g/mol. The first-order valence-electron chi connectivity index (χ1n) is 4.61. The van der Waals surface area contributed by atoms with E-state index in [9.17, 15) is 0 Å². The third-order valence-corrected chi connectivity index (χ3v) is 3.95. The number of furan rings is 1. The summed E-state index contributed by atoms with van der Waals surface area (Å²) in [5.74, 6) is 0.737. The summed E-state index contributed by atoms with van der Waals surface area (Å²) in [6, 6.07) is 7.34. The molecule has 0 aromatic carbocycles. The summed E-state index contributed by atoms with van der Waals surface area (Å²) in [6.07, 6.45) is 0. The van der Waals surface area contributed by atoms with Gasteiger partial charge in [0.2, 0.25) is 0 Å². The molecule has 17 heavy (non-hydrogen) atoms. The lowest BCUT2D eigenvalue weighted by atomic mass is 10.4. The summed E-state index contributed by atoms with van der Waals surface area (Å²) in [7, 11) is 0. The Hall–Kier alpha value is -0.350. The SMILES string of the molecule is Clc1ccc2nc(-c3ccc(I)o3)c(I)n2n1. The Morgan fingerprint density at radius 3 is 2.71 bits per heavy atom. The van der Waals surface area contributed by atoms with E-state index in [0.29, 0.717) is 5.15 Å². The Kier molecular flexibility index (Phi) is 3.03. The van der Waals surface area contributed by atoms with Crippen LogP contribution in [0.3, 0.4) is 0 Å². The molecule has 0 radical (unpaired) electrons. The Balaban J connectivity index is 2.27. The van der Waals surface area contributed by atoms with E-state index in [1.165, 1.54) is 0 Å². The summed E-state index contributed by atoms with van der Waals surface area (Å²) < 4.78 is 8.97. The summed E-state index contributed by atoms with van der Waals surface area (Å²) in [5.41, 5.74) is 1.53. The molecule has 0 saturated heterocycles. The Morgan fingerprint density at radius 2 is 2.00 bits per heavy atom. The van der Waals surface area contributed by atoms with Gasteiger partial charge in [-0.1, -0.05) is 11.6 Å². The molecule has 0 saturated carbocycles. The summed E-state index contributed by atoms with van der Waals surface area (Å²) in [4.78, 5) is 4.47. The van der Waals surface area contributed by atoms with Gasteiger partial charge in [0.05, 0.1) is 0 Å². The van der Waals surface area contributed by atoms with Crippen molar-refractivity contribution in [1.82, 2.24) is 14.6 Å². The highest BCUT2D eigenvalue weighted by atomic mass is 127. The highest BCUT2D eigenvalue weighted by Crippen LogP contribution is 2.27. The van der Waals surface area contributed by atoms with Crippen molar-refractivity contribution in [3.05, 3.63) is 36.9 Å². The van der Waals surface area contributed by atoms with Crippen molar-refractivity contribution in [2.45, 2.75) is 0 Å². The highest BCUT2D eigenvalue weighted by molar-refractivity contribution is 14.1. The van der Waals surface area contributed by atoms with Crippen LogP contribution in [-0.4, -0.2) is 14.6 Å². The predicted molar refractivity (Wildman–Crippen MR) is 81.1 cm³/mol. The zero-order valence-electron chi connectivity index (χ0n) is 8.19. The maximum atomic E-state index is 5.86. The van der Waals surface area contributed by atoms with Crippen molar-refractivity contribution in [3.8, 4) is 11.5 Å². The van der Waals surface area contributed by atoms with Crippen LogP contribution in [0.15, 0.2) is 28.7 Å². The Labute approximate surface area is 129 Å². The molecule has 0 aliphatic heterocycles. The topological polar surface area (TPSA) is 43.3 Å². The van der Waals surface area contributed by atoms with Gasteiger partial charge in [-0.05, 0) is 69.4 Å². The van der Waals surface area contributed by atoms with Crippen molar-refractivity contribution in [2.24, 2.45) is 0 Å². The number of hydrogen-bond donors (Lipinski definition) is 0. The quantitative estimate of drug-likeness (QED) is 0.507. The molecule has 0 unspecified atom stereocenters. The van der Waals surface area contributed by atoms with E-state index in [0.717, 1.165) is 24.6 Å². The summed E-state index contributed by atoms with van der Waals surface area (Å²) in [5, 5.41) is 4.64. The van der Waals surface area contributed by atoms with E-state index >= 15 is 0 Å². The number of imidazole rings is 1. The van der Waals surface area contributed by atoms with Crippen molar-refractivity contribution in [3.63, 3.8) is 0 Å². The number of halogens is 3. The number of rotatable bonds is 1. The zero-order valence-corrected chi connectivity index (χ0v) is 13.3. The van der Waals surface area contributed by atoms with Crippen LogP contribution in [0.25, 0.3) is 17.1 Å². The lowest BCUT2D eigenvalue weighted by Crippen LogP contribution is -1.93. The second-order valence-electron chi connectivity index (χ2n) is 3.28. The molecule has 0 aliphatic carbocycles. The summed E-state index contributed by atoms with van der Waals surface area (Å²) in [6.45, 7) is 0. The van der Waals surface area contributed by atoms with Gasteiger partial charge in [-0.3, -0.25) is 0 Å². The number of nitrogens with zero attached hydrogens (tertiary/aromatic N) is 3. The van der Waals surface area contributed by atoms with Crippen molar-refractivity contribution < 1.29 is 4.42 Å². The normalized spacial score (nSPS) is 11.2. The van der Waals surface area contributed by atoms with Crippen LogP contribution in [0.5, 0.6) is 0 Å². The molecule has 0 bridgehead atoms. The number of aromatic nitrogens is 3. The molecule has 86 valence electrons. The fraction of sp³-hybridized carbons (Fsp3) is 0. The predicted octanol–water partition coefficient (Wildman–Crippen LogP) is 3.85. The number of fused-ring (bicyclic) bond motifs is 1. The van der Waals surface area contributed by atoms with E-state index in [2.05, 4.69) is 55.3 Å². The van der Waals surface area contributed by atoms with Gasteiger partial charge in [0.1, 0.15) is 14.5 Å². The molecule has 0 spiro atoms. The fourth-order valence-electron chi connectivity index (χ4n) is 1.48. The smallest absolute Gasteiger partial charge is 0.164 e. The van der Waals surface area contributed by atoms with E-state index in [4.69, 9.17) is 16.0 Å². The van der Waals surface area contributed by atoms with Crippen molar-refractivity contribution in [2.75, 3.05) is 0 Å². The van der Waals surface area contributed by atoms with Gasteiger partial charge in [0.25, 0.3) is 0 Å². The zero-order chi connectivity index (χ0) is 12.0. The molecule has 3 aromatic heterocycles. The molecular formula is C10H4ClI2N3O. The van der Waals surface area contributed by atoms with Gasteiger partial charge in [-0.15, -0.1) is 0 Å². The first kappa shape index (κ1) is 11.7.